The van der Waals surface area contributed by atoms with Crippen LogP contribution >= 0.6 is 11.3 Å². The van der Waals surface area contributed by atoms with Crippen LogP contribution in [-0.2, 0) is 7.05 Å². The fourth-order valence-corrected chi connectivity index (χ4v) is 3.35. The summed E-state index contributed by atoms with van der Waals surface area (Å²) in [5, 5.41) is 7.08. The third kappa shape index (κ3) is 2.87. The quantitative estimate of drug-likeness (QED) is 0.837. The third-order valence-corrected chi connectivity index (χ3v) is 4.63. The van der Waals surface area contributed by atoms with Gasteiger partial charge in [-0.3, -0.25) is 9.59 Å². The molecule has 1 amide bonds. The topological polar surface area (TPSA) is 68.1 Å². The number of carbonyl (C=O) groups is 1. The van der Waals surface area contributed by atoms with E-state index in [9.17, 15) is 9.59 Å². The van der Waals surface area contributed by atoms with Crippen molar-refractivity contribution in [1.82, 2.24) is 19.7 Å². The number of amides is 1. The number of piperidine rings is 1. The lowest BCUT2D eigenvalue weighted by molar-refractivity contribution is 0.0698. The molecule has 2 aromatic rings. The van der Waals surface area contributed by atoms with Crippen molar-refractivity contribution in [3.63, 3.8) is 0 Å². The minimum absolute atomic E-state index is 0.119. The number of likely N-dealkylation sites (tertiary alicyclic amines) is 1. The first-order valence-corrected chi connectivity index (χ1v) is 7.76. The fraction of sp³-hybridized carbons (Fsp3) is 0.429. The van der Waals surface area contributed by atoms with Gasteiger partial charge in [-0.25, -0.2) is 9.67 Å². The summed E-state index contributed by atoms with van der Waals surface area (Å²) in [5.74, 6) is 0.182. The summed E-state index contributed by atoms with van der Waals surface area (Å²) < 4.78 is 1.19. The molecule has 0 spiro atoms. The number of thiazole rings is 1. The molecule has 110 valence electrons. The average Bonchev–Trinajstić information content (AvgIpc) is 3.04. The first-order chi connectivity index (χ1) is 10.1. The minimum atomic E-state index is -0.217. The van der Waals surface area contributed by atoms with Gasteiger partial charge in [-0.2, -0.15) is 5.10 Å². The van der Waals surface area contributed by atoms with Crippen molar-refractivity contribution in [2.75, 3.05) is 13.1 Å². The minimum Gasteiger partial charge on any atom is -0.337 e. The molecule has 1 atom stereocenters. The van der Waals surface area contributed by atoms with Gasteiger partial charge >= 0.3 is 0 Å². The summed E-state index contributed by atoms with van der Waals surface area (Å²) in [7, 11) is 1.55. The molecule has 3 heterocycles. The van der Waals surface area contributed by atoms with E-state index < -0.39 is 0 Å². The van der Waals surface area contributed by atoms with E-state index in [0.29, 0.717) is 18.2 Å². The lowest BCUT2D eigenvalue weighted by Crippen LogP contribution is -2.40. The highest BCUT2D eigenvalue weighted by Gasteiger charge is 2.27. The van der Waals surface area contributed by atoms with Crippen molar-refractivity contribution in [2.24, 2.45) is 7.05 Å². The largest absolute Gasteiger partial charge is 0.337 e. The van der Waals surface area contributed by atoms with E-state index in [1.165, 1.54) is 16.8 Å². The summed E-state index contributed by atoms with van der Waals surface area (Å²) in [6.07, 6.45) is 3.81. The van der Waals surface area contributed by atoms with Crippen molar-refractivity contribution in [3.05, 3.63) is 44.8 Å². The summed E-state index contributed by atoms with van der Waals surface area (Å²) in [6, 6.07) is 2.88. The smallest absolute Gasteiger partial charge is 0.274 e. The third-order valence-electron chi connectivity index (χ3n) is 3.69. The van der Waals surface area contributed by atoms with Crippen molar-refractivity contribution < 1.29 is 4.79 Å². The van der Waals surface area contributed by atoms with Gasteiger partial charge in [0.1, 0.15) is 5.69 Å². The molecular weight excluding hydrogens is 288 g/mol. The molecule has 6 nitrogen and oxygen atoms in total. The van der Waals surface area contributed by atoms with Gasteiger partial charge < -0.3 is 4.90 Å². The number of aromatic nitrogens is 3. The van der Waals surface area contributed by atoms with Crippen molar-refractivity contribution in [3.8, 4) is 0 Å². The second-order valence-corrected chi connectivity index (χ2v) is 6.07. The molecular formula is C14H16N4O2S. The van der Waals surface area contributed by atoms with Gasteiger partial charge in [-0.15, -0.1) is 11.3 Å². The molecule has 1 saturated heterocycles. The molecule has 0 aliphatic carbocycles. The van der Waals surface area contributed by atoms with E-state index in [1.54, 1.807) is 24.6 Å². The van der Waals surface area contributed by atoms with Crippen LogP contribution in [0.1, 0.15) is 34.3 Å². The normalized spacial score (nSPS) is 18.7. The fourth-order valence-electron chi connectivity index (χ4n) is 2.58. The van der Waals surface area contributed by atoms with Crippen molar-refractivity contribution in [2.45, 2.75) is 18.8 Å². The van der Waals surface area contributed by atoms with E-state index in [4.69, 9.17) is 0 Å². The molecule has 0 bridgehead atoms. The van der Waals surface area contributed by atoms with Crippen molar-refractivity contribution >= 4 is 17.2 Å². The van der Waals surface area contributed by atoms with Gasteiger partial charge in [-0.05, 0) is 18.9 Å². The Morgan fingerprint density at radius 1 is 1.43 bits per heavy atom. The Bertz CT molecular complexity index is 695. The molecule has 0 saturated carbocycles. The van der Waals surface area contributed by atoms with E-state index in [0.717, 1.165) is 24.4 Å². The zero-order valence-corrected chi connectivity index (χ0v) is 12.5. The number of aryl methyl sites for hydroxylation is 1. The highest BCUT2D eigenvalue weighted by atomic mass is 32.1. The maximum Gasteiger partial charge on any atom is 0.274 e. The van der Waals surface area contributed by atoms with Crippen LogP contribution in [0.2, 0.25) is 0 Å². The molecule has 21 heavy (non-hydrogen) atoms. The number of nitrogens with zero attached hydrogens (tertiary/aromatic N) is 4. The lowest BCUT2D eigenvalue weighted by atomic mass is 9.98. The molecule has 3 rings (SSSR count). The Balaban J connectivity index is 1.78. The molecule has 1 aliphatic rings. The predicted octanol–water partition coefficient (Wildman–Crippen LogP) is 1.26. The maximum absolute atomic E-state index is 12.5. The van der Waals surface area contributed by atoms with E-state index in [2.05, 4.69) is 10.1 Å². The Hall–Kier alpha value is -2.02. The second-order valence-electron chi connectivity index (χ2n) is 5.14. The second kappa shape index (κ2) is 5.77. The summed E-state index contributed by atoms with van der Waals surface area (Å²) in [6.45, 7) is 1.39. The van der Waals surface area contributed by atoms with Gasteiger partial charge in [0, 0.05) is 43.7 Å². The van der Waals surface area contributed by atoms with Gasteiger partial charge in [0.15, 0.2) is 0 Å². The highest BCUT2D eigenvalue weighted by molar-refractivity contribution is 7.09. The molecule has 1 fully saturated rings. The number of hydrogen-bond acceptors (Lipinski definition) is 5. The van der Waals surface area contributed by atoms with Crippen LogP contribution < -0.4 is 5.56 Å². The summed E-state index contributed by atoms with van der Waals surface area (Å²) in [4.78, 5) is 30.0. The Kier molecular flexibility index (Phi) is 3.83. The Labute approximate surface area is 126 Å². The van der Waals surface area contributed by atoms with Crippen LogP contribution in [0.15, 0.2) is 28.5 Å². The van der Waals surface area contributed by atoms with Gasteiger partial charge in [0.25, 0.3) is 11.5 Å². The Morgan fingerprint density at radius 3 is 3.00 bits per heavy atom. The SMILES string of the molecule is Cn1nc(C(=O)N2CCCC(c3nccs3)C2)ccc1=O. The van der Waals surface area contributed by atoms with Crippen LogP contribution in [0.25, 0.3) is 0 Å². The van der Waals surface area contributed by atoms with Crippen LogP contribution in [0.4, 0.5) is 0 Å². The lowest BCUT2D eigenvalue weighted by Gasteiger charge is -2.31. The van der Waals surface area contributed by atoms with Gasteiger partial charge in [0.2, 0.25) is 0 Å². The predicted molar refractivity (Wildman–Crippen MR) is 79.5 cm³/mol. The number of hydrogen-bond donors (Lipinski definition) is 0. The molecule has 2 aromatic heterocycles. The molecule has 0 N–H and O–H groups in total. The summed E-state index contributed by atoms with van der Waals surface area (Å²) in [5.41, 5.74) is 0.0998. The first kappa shape index (κ1) is 13.9. The zero-order valence-electron chi connectivity index (χ0n) is 11.7. The molecule has 1 unspecified atom stereocenters. The molecule has 0 radical (unpaired) electrons. The average molecular weight is 304 g/mol. The first-order valence-electron chi connectivity index (χ1n) is 6.88. The van der Waals surface area contributed by atoms with Crippen molar-refractivity contribution in [1.29, 1.82) is 0 Å². The molecule has 1 aliphatic heterocycles. The zero-order chi connectivity index (χ0) is 14.8. The summed E-state index contributed by atoms with van der Waals surface area (Å²) >= 11 is 1.63. The molecule has 0 aromatic carbocycles. The van der Waals surface area contributed by atoms with Crippen LogP contribution in [-0.4, -0.2) is 38.7 Å². The van der Waals surface area contributed by atoms with E-state index in [1.807, 2.05) is 10.3 Å². The number of carbonyl (C=O) groups excluding carboxylic acids is 1. The maximum atomic E-state index is 12.5. The van der Waals surface area contributed by atoms with Gasteiger partial charge in [0.05, 0.1) is 5.01 Å². The van der Waals surface area contributed by atoms with Gasteiger partial charge in [-0.1, -0.05) is 0 Å². The van der Waals surface area contributed by atoms with E-state index >= 15 is 0 Å². The van der Waals surface area contributed by atoms with Crippen LogP contribution in [0.5, 0.6) is 0 Å². The standard InChI is InChI=1S/C14H16N4O2S/c1-17-12(19)5-4-11(16-17)14(20)18-7-2-3-10(9-18)13-15-6-8-21-13/h4-6,8,10H,2-3,7,9H2,1H3. The Morgan fingerprint density at radius 2 is 2.29 bits per heavy atom. The monoisotopic (exact) mass is 304 g/mol. The number of rotatable bonds is 2. The van der Waals surface area contributed by atoms with Crippen LogP contribution in [0, 0.1) is 0 Å². The molecule has 7 heteroatoms. The van der Waals surface area contributed by atoms with Crippen LogP contribution in [0.3, 0.4) is 0 Å². The highest BCUT2D eigenvalue weighted by Crippen LogP contribution is 2.28. The van der Waals surface area contributed by atoms with E-state index in [-0.39, 0.29) is 11.5 Å².